The predicted molar refractivity (Wildman–Crippen MR) is 95.3 cm³/mol. The third-order valence-electron chi connectivity index (χ3n) is 5.63. The van der Waals surface area contributed by atoms with Crippen molar-refractivity contribution in [3.63, 3.8) is 0 Å². The minimum atomic E-state index is 0.0420. The summed E-state index contributed by atoms with van der Waals surface area (Å²) in [5.41, 5.74) is 2.75. The van der Waals surface area contributed by atoms with Crippen LogP contribution < -0.4 is 5.32 Å². The molecule has 3 fully saturated rings. The number of furan rings is 1. The van der Waals surface area contributed by atoms with Crippen molar-refractivity contribution in [3.05, 3.63) is 35.6 Å². The van der Waals surface area contributed by atoms with E-state index in [0.29, 0.717) is 5.92 Å². The molecule has 1 atom stereocenters. The lowest BCUT2D eigenvalue weighted by Gasteiger charge is -2.26. The van der Waals surface area contributed by atoms with Crippen molar-refractivity contribution in [1.29, 1.82) is 0 Å². The van der Waals surface area contributed by atoms with Gasteiger partial charge in [-0.1, -0.05) is 13.8 Å². The fraction of sp³-hybridized carbons (Fsp3) is 0.550. The van der Waals surface area contributed by atoms with Crippen molar-refractivity contribution in [2.75, 3.05) is 19.6 Å². The zero-order valence-corrected chi connectivity index (χ0v) is 14.5. The zero-order valence-electron chi connectivity index (χ0n) is 14.5. The summed E-state index contributed by atoms with van der Waals surface area (Å²) in [5.74, 6) is 1.20. The third-order valence-corrected chi connectivity index (χ3v) is 5.63. The molecule has 128 valence electrons. The number of carbonyl (C=O) groups is 1. The van der Waals surface area contributed by atoms with Crippen molar-refractivity contribution < 1.29 is 9.21 Å². The van der Waals surface area contributed by atoms with Crippen LogP contribution in [0.1, 0.15) is 54.9 Å². The van der Waals surface area contributed by atoms with E-state index in [-0.39, 0.29) is 11.9 Å². The van der Waals surface area contributed by atoms with Crippen LogP contribution in [0.4, 0.5) is 0 Å². The first-order chi connectivity index (χ1) is 11.6. The quantitative estimate of drug-likeness (QED) is 0.934. The van der Waals surface area contributed by atoms with Crippen LogP contribution in [0.5, 0.6) is 0 Å². The molecule has 0 spiro atoms. The molecule has 1 aromatic carbocycles. The molecule has 24 heavy (non-hydrogen) atoms. The van der Waals surface area contributed by atoms with Gasteiger partial charge in [0.15, 0.2) is 0 Å². The number of nitrogens with zero attached hydrogens (tertiary/aromatic N) is 1. The van der Waals surface area contributed by atoms with Crippen molar-refractivity contribution in [3.8, 4) is 0 Å². The molecular formula is C20H26N2O2. The largest absolute Gasteiger partial charge is 0.464 e. The number of hydrogen-bond donors (Lipinski definition) is 1. The summed E-state index contributed by atoms with van der Waals surface area (Å²) in [6.07, 6.45) is 5.50. The Kier molecular flexibility index (Phi) is 4.09. The first kappa shape index (κ1) is 15.7. The van der Waals surface area contributed by atoms with Crippen molar-refractivity contribution >= 4 is 16.9 Å². The van der Waals surface area contributed by atoms with Crippen molar-refractivity contribution in [1.82, 2.24) is 10.2 Å². The average molecular weight is 326 g/mol. The van der Waals surface area contributed by atoms with Gasteiger partial charge in [0, 0.05) is 29.1 Å². The van der Waals surface area contributed by atoms with Crippen molar-refractivity contribution in [2.24, 2.45) is 5.92 Å². The molecule has 5 rings (SSSR count). The summed E-state index contributed by atoms with van der Waals surface area (Å²) < 4.78 is 5.61. The molecule has 1 N–H and O–H groups in total. The minimum absolute atomic E-state index is 0.0420. The van der Waals surface area contributed by atoms with Crippen molar-refractivity contribution in [2.45, 2.75) is 45.1 Å². The van der Waals surface area contributed by atoms with Crippen LogP contribution in [0, 0.1) is 5.92 Å². The molecule has 2 aromatic rings. The second-order valence-corrected chi connectivity index (χ2v) is 7.71. The molecule has 4 nitrogen and oxygen atoms in total. The molecule has 4 heterocycles. The van der Waals surface area contributed by atoms with E-state index in [4.69, 9.17) is 4.42 Å². The minimum Gasteiger partial charge on any atom is -0.464 e. The number of amides is 1. The molecule has 1 amide bonds. The molecule has 0 radical (unpaired) electrons. The number of nitrogens with one attached hydrogen (secondary N) is 1. The lowest BCUT2D eigenvalue weighted by Crippen LogP contribution is -2.41. The van der Waals surface area contributed by atoms with Crippen LogP contribution in [0.3, 0.4) is 0 Å². The van der Waals surface area contributed by atoms with Gasteiger partial charge in [0.2, 0.25) is 0 Å². The second-order valence-electron chi connectivity index (χ2n) is 7.71. The fourth-order valence-corrected chi connectivity index (χ4v) is 4.20. The maximum absolute atomic E-state index is 12.7. The maximum atomic E-state index is 12.7. The lowest BCUT2D eigenvalue weighted by molar-refractivity contribution is 0.0929. The smallest absolute Gasteiger partial charge is 0.251 e. The highest BCUT2D eigenvalue weighted by Gasteiger charge is 2.30. The Morgan fingerprint density at radius 2 is 2.08 bits per heavy atom. The van der Waals surface area contributed by atoms with E-state index >= 15 is 0 Å². The van der Waals surface area contributed by atoms with Gasteiger partial charge in [-0.2, -0.15) is 0 Å². The average Bonchev–Trinajstić information content (AvgIpc) is 2.79. The Hall–Kier alpha value is -1.81. The Bertz CT molecular complexity index is 727. The standard InChI is InChI=1S/C20H26N2O2/c1-13(2)18-12-24-19-4-3-15(10-17(18)19)20(23)21-16-9-14-5-7-22(11-16)8-6-14/h3-4,10,12-14,16H,5-9,11H2,1-2H3,(H,21,23)/t16-/m1/s1. The van der Waals surface area contributed by atoms with Gasteiger partial charge in [-0.3, -0.25) is 4.79 Å². The van der Waals surface area contributed by atoms with Gasteiger partial charge in [-0.25, -0.2) is 0 Å². The highest BCUT2D eigenvalue weighted by Crippen LogP contribution is 2.29. The summed E-state index contributed by atoms with van der Waals surface area (Å²) in [4.78, 5) is 15.2. The van der Waals surface area contributed by atoms with E-state index in [0.717, 1.165) is 35.4 Å². The Labute approximate surface area is 143 Å². The molecule has 0 unspecified atom stereocenters. The topological polar surface area (TPSA) is 45.5 Å². The fourth-order valence-electron chi connectivity index (χ4n) is 4.20. The number of carbonyl (C=O) groups excluding carboxylic acids is 1. The Morgan fingerprint density at radius 1 is 1.29 bits per heavy atom. The van der Waals surface area contributed by atoms with Gasteiger partial charge in [0.1, 0.15) is 5.58 Å². The molecule has 3 aliphatic heterocycles. The highest BCUT2D eigenvalue weighted by molar-refractivity contribution is 5.98. The molecular weight excluding hydrogens is 300 g/mol. The first-order valence-corrected chi connectivity index (χ1v) is 9.14. The summed E-state index contributed by atoms with van der Waals surface area (Å²) in [5, 5.41) is 4.33. The summed E-state index contributed by atoms with van der Waals surface area (Å²) >= 11 is 0. The number of hydrogen-bond acceptors (Lipinski definition) is 3. The van der Waals surface area contributed by atoms with Gasteiger partial charge in [-0.05, 0) is 62.4 Å². The van der Waals surface area contributed by atoms with Gasteiger partial charge >= 0.3 is 0 Å². The van der Waals surface area contributed by atoms with Gasteiger partial charge < -0.3 is 14.6 Å². The van der Waals surface area contributed by atoms with Gasteiger partial charge in [0.25, 0.3) is 5.91 Å². The molecule has 1 aromatic heterocycles. The maximum Gasteiger partial charge on any atom is 0.251 e. The van der Waals surface area contributed by atoms with E-state index < -0.39 is 0 Å². The molecule has 0 saturated carbocycles. The van der Waals surface area contributed by atoms with E-state index in [1.807, 2.05) is 24.5 Å². The zero-order chi connectivity index (χ0) is 16.7. The number of fused-ring (bicyclic) bond motifs is 5. The number of benzene rings is 1. The third kappa shape index (κ3) is 2.95. The molecule has 2 bridgehead atoms. The summed E-state index contributed by atoms with van der Waals surface area (Å²) in [6, 6.07) is 6.04. The van der Waals surface area contributed by atoms with Crippen LogP contribution in [-0.4, -0.2) is 36.5 Å². The monoisotopic (exact) mass is 326 g/mol. The molecule has 3 aliphatic rings. The Morgan fingerprint density at radius 3 is 2.83 bits per heavy atom. The van der Waals surface area contributed by atoms with Crippen LogP contribution in [0.2, 0.25) is 0 Å². The highest BCUT2D eigenvalue weighted by atomic mass is 16.3. The molecule has 3 saturated heterocycles. The molecule has 4 heteroatoms. The Balaban J connectivity index is 1.53. The predicted octanol–water partition coefficient (Wildman–Crippen LogP) is 3.77. The van der Waals surface area contributed by atoms with Crippen LogP contribution in [0.15, 0.2) is 28.9 Å². The van der Waals surface area contributed by atoms with E-state index in [1.165, 1.54) is 31.5 Å². The second kappa shape index (κ2) is 6.25. The van der Waals surface area contributed by atoms with Gasteiger partial charge in [0.05, 0.1) is 6.26 Å². The SMILES string of the molecule is CC(C)c1coc2ccc(C(=O)N[C@@H]3CC4CCN(CC4)C3)cc12. The summed E-state index contributed by atoms with van der Waals surface area (Å²) in [6.45, 7) is 7.67. The lowest BCUT2D eigenvalue weighted by atomic mass is 9.94. The van der Waals surface area contributed by atoms with Crippen LogP contribution in [0.25, 0.3) is 11.0 Å². The summed E-state index contributed by atoms with van der Waals surface area (Å²) in [7, 11) is 0. The number of piperidine rings is 1. The normalized spacial score (nSPS) is 26.7. The van der Waals surface area contributed by atoms with E-state index in [1.54, 1.807) is 0 Å². The van der Waals surface area contributed by atoms with Gasteiger partial charge in [-0.15, -0.1) is 0 Å². The molecule has 0 aliphatic carbocycles. The van der Waals surface area contributed by atoms with E-state index in [9.17, 15) is 4.79 Å². The van der Waals surface area contributed by atoms with Crippen LogP contribution >= 0.6 is 0 Å². The number of rotatable bonds is 3. The first-order valence-electron chi connectivity index (χ1n) is 9.14. The van der Waals surface area contributed by atoms with Crippen LogP contribution in [-0.2, 0) is 0 Å². The van der Waals surface area contributed by atoms with E-state index in [2.05, 4.69) is 24.1 Å².